The summed E-state index contributed by atoms with van der Waals surface area (Å²) in [4.78, 5) is 43.1. The molecule has 2 aromatic rings. The molecule has 0 saturated carbocycles. The van der Waals surface area contributed by atoms with Crippen LogP contribution in [0, 0.1) is 0 Å². The van der Waals surface area contributed by atoms with Crippen LogP contribution in [-0.4, -0.2) is 67.7 Å². The first-order valence-corrected chi connectivity index (χ1v) is 14.6. The van der Waals surface area contributed by atoms with Gasteiger partial charge < -0.3 is 34.6 Å². The van der Waals surface area contributed by atoms with Crippen LogP contribution < -0.4 is 19.7 Å². The minimum Gasteiger partial charge on any atom is -0.506 e. The molecule has 2 aromatic carbocycles. The Bertz CT molecular complexity index is 1480. The van der Waals surface area contributed by atoms with Crippen molar-refractivity contribution in [3.05, 3.63) is 70.8 Å². The molecule has 0 unspecified atom stereocenters. The van der Waals surface area contributed by atoms with E-state index in [4.69, 9.17) is 9.47 Å². The van der Waals surface area contributed by atoms with Gasteiger partial charge in [-0.25, -0.2) is 9.59 Å². The number of nitrogens with one attached hydrogen (secondary N) is 1. The zero-order valence-electron chi connectivity index (χ0n) is 27.0. The Morgan fingerprint density at radius 3 is 2.11 bits per heavy atom. The maximum atomic E-state index is 14.0. The lowest BCUT2D eigenvalue weighted by Gasteiger charge is -2.24. The summed E-state index contributed by atoms with van der Waals surface area (Å²) in [5.74, 6) is -0.434. The van der Waals surface area contributed by atoms with Crippen molar-refractivity contribution in [1.82, 2.24) is 9.80 Å². The Balaban J connectivity index is 2.03. The van der Waals surface area contributed by atoms with Crippen molar-refractivity contribution in [3.8, 4) is 17.2 Å². The molecule has 0 atom stereocenters. The Morgan fingerprint density at radius 1 is 0.864 bits per heavy atom. The average Bonchev–Trinajstić information content (AvgIpc) is 3.06. The van der Waals surface area contributed by atoms with Crippen LogP contribution in [0.15, 0.2) is 65.3 Å². The molecule has 0 aromatic heterocycles. The van der Waals surface area contributed by atoms with Crippen LogP contribution in [0.4, 0.5) is 26.7 Å². The van der Waals surface area contributed by atoms with Crippen molar-refractivity contribution in [3.63, 3.8) is 0 Å². The predicted octanol–water partition coefficient (Wildman–Crippen LogP) is 7.64. The van der Waals surface area contributed by atoms with E-state index in [1.165, 1.54) is 52.1 Å². The van der Waals surface area contributed by atoms with Crippen LogP contribution in [0.2, 0.25) is 0 Å². The second kappa shape index (κ2) is 15.1. The van der Waals surface area contributed by atoms with E-state index in [1.807, 2.05) is 13.0 Å². The average molecular weight is 605 g/mol. The molecule has 0 saturated heterocycles. The van der Waals surface area contributed by atoms with E-state index < -0.39 is 12.2 Å². The highest BCUT2D eigenvalue weighted by molar-refractivity contribution is 6.15. The van der Waals surface area contributed by atoms with Crippen molar-refractivity contribution < 1.29 is 29.0 Å². The minimum atomic E-state index is -0.676. The molecule has 0 radical (unpaired) electrons. The number of para-hydroxylation sites is 1. The SMILES string of the molecule is CC(C)=CCCC(C)=CCCC(C)=CCN1C(=O)c2cccc(O)c2Nc2c(OC(=O)N(C)C)cc(OC(=O)N(C)C)cc21. The van der Waals surface area contributed by atoms with Gasteiger partial charge in [-0.15, -0.1) is 0 Å². The lowest BCUT2D eigenvalue weighted by molar-refractivity contribution is 0.0990. The summed E-state index contributed by atoms with van der Waals surface area (Å²) in [5.41, 5.74) is 4.74. The number of benzene rings is 2. The molecule has 0 bridgehead atoms. The van der Waals surface area contributed by atoms with Gasteiger partial charge in [-0.05, 0) is 65.5 Å². The van der Waals surface area contributed by atoms with Gasteiger partial charge in [-0.3, -0.25) is 4.79 Å². The van der Waals surface area contributed by atoms with Gasteiger partial charge in [0.1, 0.15) is 17.2 Å². The van der Waals surface area contributed by atoms with Gasteiger partial charge in [-0.1, -0.05) is 41.0 Å². The largest absolute Gasteiger partial charge is 0.506 e. The molecule has 10 nitrogen and oxygen atoms in total. The normalized spacial score (nSPS) is 12.8. The third kappa shape index (κ3) is 8.89. The fraction of sp³-hybridized carbons (Fsp3) is 0.382. The Morgan fingerprint density at radius 2 is 1.48 bits per heavy atom. The number of hydrogen-bond acceptors (Lipinski definition) is 7. The van der Waals surface area contributed by atoms with E-state index in [2.05, 4.69) is 38.2 Å². The zero-order valence-corrected chi connectivity index (χ0v) is 27.0. The minimum absolute atomic E-state index is 0.0195. The second-order valence-electron chi connectivity index (χ2n) is 11.5. The van der Waals surface area contributed by atoms with Gasteiger partial charge in [-0.2, -0.15) is 0 Å². The summed E-state index contributed by atoms with van der Waals surface area (Å²) in [5, 5.41) is 13.8. The number of phenolic OH excluding ortho intramolecular Hbond substituents is 1. The van der Waals surface area contributed by atoms with Gasteiger partial charge in [0.25, 0.3) is 5.91 Å². The number of amides is 3. The number of carbonyl (C=O) groups excluding carboxylic acids is 3. The maximum Gasteiger partial charge on any atom is 0.414 e. The number of allylic oxidation sites excluding steroid dienone is 5. The van der Waals surface area contributed by atoms with E-state index >= 15 is 0 Å². The third-order valence-electron chi connectivity index (χ3n) is 6.99. The van der Waals surface area contributed by atoms with Gasteiger partial charge in [0.05, 0.1) is 16.9 Å². The van der Waals surface area contributed by atoms with Crippen LogP contribution >= 0.6 is 0 Å². The van der Waals surface area contributed by atoms with Crippen molar-refractivity contribution in [2.75, 3.05) is 45.0 Å². The molecule has 1 heterocycles. The molecular weight excluding hydrogens is 560 g/mol. The van der Waals surface area contributed by atoms with Crippen LogP contribution in [0.3, 0.4) is 0 Å². The number of rotatable bonds is 10. The Kier molecular flexibility index (Phi) is 11.6. The monoisotopic (exact) mass is 604 g/mol. The van der Waals surface area contributed by atoms with Crippen LogP contribution in [0.1, 0.15) is 63.7 Å². The molecule has 1 aliphatic heterocycles. The molecule has 0 spiro atoms. The molecule has 0 fully saturated rings. The van der Waals surface area contributed by atoms with Crippen LogP contribution in [0.25, 0.3) is 0 Å². The zero-order chi connectivity index (χ0) is 32.6. The van der Waals surface area contributed by atoms with Crippen LogP contribution in [0.5, 0.6) is 17.2 Å². The van der Waals surface area contributed by atoms with Gasteiger partial charge in [0.15, 0.2) is 5.75 Å². The van der Waals surface area contributed by atoms with E-state index in [1.54, 1.807) is 32.3 Å². The third-order valence-corrected chi connectivity index (χ3v) is 6.99. The van der Waals surface area contributed by atoms with E-state index in [0.29, 0.717) is 5.69 Å². The summed E-state index contributed by atoms with van der Waals surface area (Å²) in [7, 11) is 6.16. The summed E-state index contributed by atoms with van der Waals surface area (Å²) >= 11 is 0. The fourth-order valence-electron chi connectivity index (χ4n) is 4.43. The molecule has 1 aliphatic rings. The van der Waals surface area contributed by atoms with E-state index in [-0.39, 0.29) is 46.6 Å². The summed E-state index contributed by atoms with van der Waals surface area (Å²) < 4.78 is 11.2. The maximum absolute atomic E-state index is 14.0. The molecule has 10 heteroatoms. The molecule has 236 valence electrons. The van der Waals surface area contributed by atoms with Crippen molar-refractivity contribution in [1.29, 1.82) is 0 Å². The van der Waals surface area contributed by atoms with E-state index in [9.17, 15) is 19.5 Å². The smallest absolute Gasteiger partial charge is 0.414 e. The number of ether oxygens (including phenoxy) is 2. The molecule has 3 rings (SSSR count). The number of anilines is 3. The van der Waals surface area contributed by atoms with Crippen molar-refractivity contribution in [2.45, 2.75) is 53.4 Å². The highest BCUT2D eigenvalue weighted by Crippen LogP contribution is 2.46. The van der Waals surface area contributed by atoms with Crippen LogP contribution in [-0.2, 0) is 0 Å². The Hall–Kier alpha value is -4.73. The Labute approximate surface area is 260 Å². The predicted molar refractivity (Wildman–Crippen MR) is 174 cm³/mol. The summed E-state index contributed by atoms with van der Waals surface area (Å²) in [6.45, 7) is 8.56. The fourth-order valence-corrected chi connectivity index (χ4v) is 4.43. The highest BCUT2D eigenvalue weighted by Gasteiger charge is 2.31. The number of carbonyl (C=O) groups is 3. The van der Waals surface area contributed by atoms with E-state index in [0.717, 1.165) is 31.3 Å². The molecule has 3 amide bonds. The van der Waals surface area contributed by atoms with Gasteiger partial charge >= 0.3 is 12.2 Å². The molecule has 2 N–H and O–H groups in total. The van der Waals surface area contributed by atoms with Gasteiger partial charge in [0.2, 0.25) is 0 Å². The lowest BCUT2D eigenvalue weighted by Crippen LogP contribution is -2.31. The number of aromatic hydroxyl groups is 1. The quantitative estimate of drug-likeness (QED) is 0.212. The highest BCUT2D eigenvalue weighted by atomic mass is 16.6. The number of fused-ring (bicyclic) bond motifs is 2. The first-order chi connectivity index (χ1) is 20.8. The molecular formula is C34H44N4O6. The van der Waals surface area contributed by atoms with Crippen molar-refractivity contribution in [2.24, 2.45) is 0 Å². The number of phenols is 1. The first-order valence-electron chi connectivity index (χ1n) is 14.6. The summed E-state index contributed by atoms with van der Waals surface area (Å²) in [6.07, 6.45) is 8.89. The molecule has 0 aliphatic carbocycles. The number of hydrogen-bond donors (Lipinski definition) is 2. The first kappa shape index (κ1) is 33.8. The van der Waals surface area contributed by atoms with Crippen molar-refractivity contribution >= 4 is 35.2 Å². The van der Waals surface area contributed by atoms with Gasteiger partial charge in [0, 0.05) is 46.9 Å². The second-order valence-corrected chi connectivity index (χ2v) is 11.5. The lowest BCUT2D eigenvalue weighted by atomic mass is 10.1. The topological polar surface area (TPSA) is 112 Å². The summed E-state index contributed by atoms with van der Waals surface area (Å²) in [6, 6.07) is 7.61. The molecule has 44 heavy (non-hydrogen) atoms. The standard InChI is InChI=1S/C34H44N4O6/c1-22(2)12-9-13-23(3)14-10-15-24(4)18-19-38-27-20-25(43-33(41)36(5)6)21-29(44-34(42)37(7)8)31(27)35-30-26(32(38)40)16-11-17-28(30)39/h11-12,14,16-18,20-21,35,39H,9-10,13,15,19H2,1-8H3. The number of nitrogens with zero attached hydrogens (tertiary/aromatic N) is 3.